The monoisotopic (exact) mass is 264 g/mol. The Balaban J connectivity index is 0. The first kappa shape index (κ1) is 20.5. The molecule has 0 fully saturated rings. The van der Waals surface area contributed by atoms with E-state index in [1.165, 1.54) is 56.1 Å². The van der Waals surface area contributed by atoms with Crippen molar-refractivity contribution in [1.29, 1.82) is 0 Å². The first-order chi connectivity index (χ1) is 9.24. The van der Waals surface area contributed by atoms with Crippen LogP contribution in [0.4, 0.5) is 0 Å². The summed E-state index contributed by atoms with van der Waals surface area (Å²) in [4.78, 5) is 0. The molecule has 0 atom stereocenters. The van der Waals surface area contributed by atoms with Crippen LogP contribution in [0, 0.1) is 6.92 Å². The average Bonchev–Trinajstić information content (AvgIpc) is 2.44. The van der Waals surface area contributed by atoms with Crippen molar-refractivity contribution in [2.75, 3.05) is 0 Å². The van der Waals surface area contributed by atoms with Gasteiger partial charge < -0.3 is 0 Å². The van der Waals surface area contributed by atoms with Crippen LogP contribution in [0.2, 0.25) is 0 Å². The number of hydrogen-bond donors (Lipinski definition) is 0. The summed E-state index contributed by atoms with van der Waals surface area (Å²) >= 11 is 0. The van der Waals surface area contributed by atoms with Crippen molar-refractivity contribution in [3.63, 3.8) is 0 Å². The van der Waals surface area contributed by atoms with E-state index in [0.29, 0.717) is 0 Å². The van der Waals surface area contributed by atoms with Crippen LogP contribution in [0.3, 0.4) is 0 Å². The molecule has 1 aromatic rings. The summed E-state index contributed by atoms with van der Waals surface area (Å²) in [7, 11) is 0. The normalized spacial score (nSPS) is 8.95. The molecule has 0 aliphatic heterocycles. The number of rotatable bonds is 6. The Kier molecular flexibility index (Phi) is 18.6. The Morgan fingerprint density at radius 3 is 1.68 bits per heavy atom. The predicted octanol–water partition coefficient (Wildman–Crippen LogP) is 6.95. The van der Waals surface area contributed by atoms with Crippen LogP contribution in [0.25, 0.3) is 0 Å². The number of benzene rings is 1. The Bertz CT molecular complexity index is 245. The number of hydrogen-bond acceptors (Lipinski definition) is 0. The van der Waals surface area contributed by atoms with Gasteiger partial charge in [-0.3, -0.25) is 0 Å². The first-order valence-electron chi connectivity index (χ1n) is 8.30. The van der Waals surface area contributed by atoms with Crippen LogP contribution in [-0.2, 0) is 6.42 Å². The molecule has 112 valence electrons. The maximum absolute atomic E-state index is 2.26. The van der Waals surface area contributed by atoms with Crippen LogP contribution in [0.1, 0.15) is 84.3 Å². The quantitative estimate of drug-likeness (QED) is 0.488. The van der Waals surface area contributed by atoms with Crippen molar-refractivity contribution >= 4 is 0 Å². The first-order valence-corrected chi connectivity index (χ1v) is 8.30. The zero-order valence-electron chi connectivity index (χ0n) is 14.3. The van der Waals surface area contributed by atoms with Gasteiger partial charge in [0.2, 0.25) is 0 Å². The molecule has 1 aromatic carbocycles. The van der Waals surface area contributed by atoms with E-state index in [2.05, 4.69) is 52.0 Å². The summed E-state index contributed by atoms with van der Waals surface area (Å²) in [5.41, 5.74) is 2.85. The molecule has 0 N–H and O–H groups in total. The molecule has 0 radical (unpaired) electrons. The molecule has 0 saturated heterocycles. The molecule has 0 nitrogen and oxygen atoms in total. The minimum atomic E-state index is 1.25. The van der Waals surface area contributed by atoms with Crippen molar-refractivity contribution in [1.82, 2.24) is 0 Å². The smallest absolute Gasteiger partial charge is 0.0279 e. The van der Waals surface area contributed by atoms with Gasteiger partial charge in [-0.05, 0) is 25.3 Å². The molecule has 0 unspecified atom stereocenters. The largest absolute Gasteiger partial charge is 0.0683 e. The maximum Gasteiger partial charge on any atom is -0.0279 e. The van der Waals surface area contributed by atoms with E-state index in [4.69, 9.17) is 0 Å². The summed E-state index contributed by atoms with van der Waals surface area (Å²) in [6.07, 6.45) is 9.38. The second-order valence-electron chi connectivity index (χ2n) is 4.86. The molecule has 0 aliphatic carbocycles. The summed E-state index contributed by atoms with van der Waals surface area (Å²) in [6, 6.07) is 8.94. The second kappa shape index (κ2) is 17.2. The highest BCUT2D eigenvalue weighted by atomic mass is 14.0. The maximum atomic E-state index is 2.26. The van der Waals surface area contributed by atoms with Gasteiger partial charge in [0.15, 0.2) is 0 Å². The molecule has 0 bridgehead atoms. The van der Waals surface area contributed by atoms with Crippen molar-refractivity contribution in [3.8, 4) is 0 Å². The minimum Gasteiger partial charge on any atom is -0.0683 e. The van der Waals surface area contributed by atoms with Gasteiger partial charge in [0.25, 0.3) is 0 Å². The topological polar surface area (TPSA) is 0 Å². The number of aryl methyl sites for hydroxylation is 2. The van der Waals surface area contributed by atoms with Gasteiger partial charge in [0, 0.05) is 0 Å². The van der Waals surface area contributed by atoms with Gasteiger partial charge in [-0.25, -0.2) is 0 Å². The molecule has 0 amide bonds. The van der Waals surface area contributed by atoms with Gasteiger partial charge in [-0.2, -0.15) is 0 Å². The molecular formula is C19H36. The van der Waals surface area contributed by atoms with Crippen LogP contribution < -0.4 is 0 Å². The zero-order chi connectivity index (χ0) is 14.9. The highest BCUT2D eigenvalue weighted by molar-refractivity contribution is 5.21. The van der Waals surface area contributed by atoms with E-state index >= 15 is 0 Å². The van der Waals surface area contributed by atoms with E-state index < -0.39 is 0 Å². The lowest BCUT2D eigenvalue weighted by Crippen LogP contribution is -1.86. The fourth-order valence-electron chi connectivity index (χ4n) is 1.69. The fourth-order valence-corrected chi connectivity index (χ4v) is 1.69. The summed E-state index contributed by atoms with van der Waals surface area (Å²) in [5.74, 6) is 0. The molecule has 0 aliphatic rings. The van der Waals surface area contributed by atoms with Crippen molar-refractivity contribution in [3.05, 3.63) is 35.4 Å². The Hall–Kier alpha value is -0.780. The Labute approximate surface area is 122 Å². The summed E-state index contributed by atoms with van der Waals surface area (Å²) in [6.45, 7) is 12.7. The van der Waals surface area contributed by atoms with E-state index in [-0.39, 0.29) is 0 Å². The minimum absolute atomic E-state index is 1.25. The van der Waals surface area contributed by atoms with Gasteiger partial charge >= 0.3 is 0 Å². The third-order valence-corrected chi connectivity index (χ3v) is 2.69. The zero-order valence-corrected chi connectivity index (χ0v) is 14.3. The Morgan fingerprint density at radius 1 is 0.737 bits per heavy atom. The van der Waals surface area contributed by atoms with Crippen molar-refractivity contribution < 1.29 is 0 Å². The highest BCUT2D eigenvalue weighted by Gasteiger charge is 1.93. The summed E-state index contributed by atoms with van der Waals surface area (Å²) in [5, 5.41) is 0. The second-order valence-corrected chi connectivity index (χ2v) is 4.86. The standard InChI is InChI=1S/C14H22.C3H8.C2H6/c1-3-4-5-6-7-8-14-11-9-13(2)10-12-14;1-3-2;1-2/h9-12H,3-8H2,1-2H3;3H2,1-2H3;1-2H3. The Morgan fingerprint density at radius 2 is 1.21 bits per heavy atom. The van der Waals surface area contributed by atoms with Gasteiger partial charge in [0.1, 0.15) is 0 Å². The van der Waals surface area contributed by atoms with Crippen LogP contribution >= 0.6 is 0 Å². The lowest BCUT2D eigenvalue weighted by atomic mass is 10.0. The van der Waals surface area contributed by atoms with Crippen LogP contribution in [0.5, 0.6) is 0 Å². The van der Waals surface area contributed by atoms with Gasteiger partial charge in [0.05, 0.1) is 0 Å². The van der Waals surface area contributed by atoms with Crippen LogP contribution in [-0.4, -0.2) is 0 Å². The van der Waals surface area contributed by atoms with Gasteiger partial charge in [-0.15, -0.1) is 0 Å². The third-order valence-electron chi connectivity index (χ3n) is 2.69. The summed E-state index contributed by atoms with van der Waals surface area (Å²) < 4.78 is 0. The molecule has 1 rings (SSSR count). The van der Waals surface area contributed by atoms with E-state index in [1.807, 2.05) is 13.8 Å². The van der Waals surface area contributed by atoms with E-state index in [0.717, 1.165) is 0 Å². The van der Waals surface area contributed by atoms with Crippen molar-refractivity contribution in [2.45, 2.75) is 86.5 Å². The van der Waals surface area contributed by atoms with Gasteiger partial charge in [-0.1, -0.05) is 96.6 Å². The average molecular weight is 264 g/mol. The van der Waals surface area contributed by atoms with Crippen LogP contribution in [0.15, 0.2) is 24.3 Å². The number of unbranched alkanes of at least 4 members (excludes halogenated alkanes) is 4. The molecular weight excluding hydrogens is 228 g/mol. The molecule has 19 heavy (non-hydrogen) atoms. The van der Waals surface area contributed by atoms with Crippen molar-refractivity contribution in [2.24, 2.45) is 0 Å². The van der Waals surface area contributed by atoms with E-state index in [1.54, 1.807) is 0 Å². The molecule has 0 saturated carbocycles. The molecule has 0 heterocycles. The molecule has 0 aromatic heterocycles. The third kappa shape index (κ3) is 15.2. The predicted molar refractivity (Wildman–Crippen MR) is 91.0 cm³/mol. The molecule has 0 spiro atoms. The fraction of sp³-hybridized carbons (Fsp3) is 0.684. The highest BCUT2D eigenvalue weighted by Crippen LogP contribution is 2.09. The SMILES string of the molecule is CC.CCC.CCCCCCCc1ccc(C)cc1. The lowest BCUT2D eigenvalue weighted by molar-refractivity contribution is 0.632. The lowest BCUT2D eigenvalue weighted by Gasteiger charge is -2.01. The molecule has 0 heteroatoms. The van der Waals surface area contributed by atoms with E-state index in [9.17, 15) is 0 Å².